The van der Waals surface area contributed by atoms with Crippen LogP contribution in [0.15, 0.2) is 36.0 Å². The molecule has 5 nitrogen and oxygen atoms in total. The van der Waals surface area contributed by atoms with Crippen LogP contribution in [-0.2, 0) is 4.79 Å². The molecule has 0 fully saturated rings. The van der Waals surface area contributed by atoms with Gasteiger partial charge in [-0.15, -0.1) is 0 Å². The van der Waals surface area contributed by atoms with Crippen LogP contribution in [-0.4, -0.2) is 13.0 Å². The van der Waals surface area contributed by atoms with Gasteiger partial charge in [0.2, 0.25) is 5.91 Å². The van der Waals surface area contributed by atoms with E-state index in [0.717, 1.165) is 5.69 Å². The summed E-state index contributed by atoms with van der Waals surface area (Å²) in [6.45, 7) is 1.48. The van der Waals surface area contributed by atoms with E-state index in [4.69, 9.17) is 10.5 Å². The first-order valence-electron chi connectivity index (χ1n) is 5.19. The summed E-state index contributed by atoms with van der Waals surface area (Å²) in [5.74, 6) is -0.0718. The van der Waals surface area contributed by atoms with Gasteiger partial charge in [-0.25, -0.2) is 0 Å². The lowest BCUT2D eigenvalue weighted by molar-refractivity contribution is -0.116. The Kier molecular flexibility index (Phi) is 4.48. The number of carbonyl (C=O) groups is 1. The van der Waals surface area contributed by atoms with E-state index < -0.39 is 0 Å². The fourth-order valence-corrected chi connectivity index (χ4v) is 1.23. The van der Waals surface area contributed by atoms with Gasteiger partial charge in [-0.2, -0.15) is 10.5 Å². The molecule has 0 aromatic heterocycles. The van der Waals surface area contributed by atoms with E-state index in [9.17, 15) is 4.79 Å². The highest BCUT2D eigenvalue weighted by atomic mass is 16.2. The Morgan fingerprint density at radius 3 is 2.61 bits per heavy atom. The first-order valence-corrected chi connectivity index (χ1v) is 5.19. The van der Waals surface area contributed by atoms with Crippen molar-refractivity contribution in [2.45, 2.75) is 6.92 Å². The van der Waals surface area contributed by atoms with Gasteiger partial charge in [0.25, 0.3) is 0 Å². The highest BCUT2D eigenvalue weighted by Crippen LogP contribution is 2.18. The molecular weight excluding hydrogens is 228 g/mol. The molecule has 0 saturated heterocycles. The largest absolute Gasteiger partial charge is 0.360 e. The molecule has 0 aliphatic heterocycles. The average Bonchev–Trinajstić information content (AvgIpc) is 2.39. The molecule has 0 heterocycles. The van der Waals surface area contributed by atoms with E-state index in [-0.39, 0.29) is 11.5 Å². The Balaban J connectivity index is 2.91. The summed E-state index contributed by atoms with van der Waals surface area (Å²) in [5, 5.41) is 20.0. The first-order chi connectivity index (χ1) is 8.58. The van der Waals surface area contributed by atoms with Crippen molar-refractivity contribution in [3.05, 3.63) is 36.0 Å². The third-order valence-corrected chi connectivity index (χ3v) is 2.33. The second kappa shape index (κ2) is 6.07. The van der Waals surface area contributed by atoms with Gasteiger partial charge in [0.1, 0.15) is 17.7 Å². The molecule has 18 heavy (non-hydrogen) atoms. The summed E-state index contributed by atoms with van der Waals surface area (Å²) in [4.78, 5) is 12.7. The fraction of sp³-hybridized carbons (Fsp3) is 0.154. The van der Waals surface area contributed by atoms with Gasteiger partial charge in [0.05, 0.1) is 0 Å². The Labute approximate surface area is 106 Å². The molecule has 1 aromatic carbocycles. The van der Waals surface area contributed by atoms with E-state index in [2.05, 4.69) is 5.32 Å². The maximum absolute atomic E-state index is 11.2. The van der Waals surface area contributed by atoms with Crippen molar-refractivity contribution in [2.24, 2.45) is 0 Å². The van der Waals surface area contributed by atoms with Crippen LogP contribution in [0.25, 0.3) is 0 Å². The molecule has 0 radical (unpaired) electrons. The van der Waals surface area contributed by atoms with Crippen molar-refractivity contribution in [3.8, 4) is 12.1 Å². The highest BCUT2D eigenvalue weighted by Gasteiger charge is 2.05. The first kappa shape index (κ1) is 13.3. The number of anilines is 2. The van der Waals surface area contributed by atoms with Crippen LogP contribution in [0, 0.1) is 22.7 Å². The van der Waals surface area contributed by atoms with Crippen molar-refractivity contribution in [1.82, 2.24) is 0 Å². The number of hydrogen-bond acceptors (Lipinski definition) is 4. The highest BCUT2D eigenvalue weighted by molar-refractivity contribution is 5.91. The second-order valence-electron chi connectivity index (χ2n) is 3.55. The predicted molar refractivity (Wildman–Crippen MR) is 68.5 cm³/mol. The lowest BCUT2D eigenvalue weighted by Gasteiger charge is -2.15. The number of nitriles is 2. The summed E-state index contributed by atoms with van der Waals surface area (Å²) in [5.41, 5.74) is 1.42. The number of allylic oxidation sites excluding steroid dienone is 1. The fourth-order valence-electron chi connectivity index (χ4n) is 1.23. The standard InChI is InChI=1S/C13H12N4O/c1-10(18)17(2)13-5-3-4-12(6-13)16-9-11(7-14)8-15/h3-6,9,16H,1-2H3. The quantitative estimate of drug-likeness (QED) is 0.819. The van der Waals surface area contributed by atoms with Crippen LogP contribution in [0.2, 0.25) is 0 Å². The molecule has 5 heteroatoms. The zero-order valence-electron chi connectivity index (χ0n) is 10.1. The summed E-state index contributed by atoms with van der Waals surface area (Å²) in [6.07, 6.45) is 1.33. The Hall–Kier alpha value is -2.79. The maximum Gasteiger partial charge on any atom is 0.223 e. The summed E-state index contributed by atoms with van der Waals surface area (Å²) in [6, 6.07) is 10.6. The van der Waals surface area contributed by atoms with Gasteiger partial charge in [-0.05, 0) is 18.2 Å². The topological polar surface area (TPSA) is 79.9 Å². The third-order valence-electron chi connectivity index (χ3n) is 2.33. The second-order valence-corrected chi connectivity index (χ2v) is 3.55. The van der Waals surface area contributed by atoms with Crippen LogP contribution in [0.3, 0.4) is 0 Å². The zero-order chi connectivity index (χ0) is 13.5. The molecule has 1 aromatic rings. The van der Waals surface area contributed by atoms with Gasteiger partial charge >= 0.3 is 0 Å². The van der Waals surface area contributed by atoms with Crippen LogP contribution in [0.4, 0.5) is 11.4 Å². The Bertz CT molecular complexity index is 547. The van der Waals surface area contributed by atoms with Gasteiger partial charge in [-0.3, -0.25) is 4.79 Å². The SMILES string of the molecule is CC(=O)N(C)c1cccc(NC=C(C#N)C#N)c1. The van der Waals surface area contributed by atoms with Crippen molar-refractivity contribution in [3.63, 3.8) is 0 Å². The summed E-state index contributed by atoms with van der Waals surface area (Å²) in [7, 11) is 1.67. The minimum Gasteiger partial charge on any atom is -0.360 e. The van der Waals surface area contributed by atoms with Crippen LogP contribution in [0.1, 0.15) is 6.92 Å². The number of nitrogens with zero attached hydrogens (tertiary/aromatic N) is 3. The lowest BCUT2D eigenvalue weighted by atomic mass is 10.2. The number of carbonyl (C=O) groups excluding carboxylic acids is 1. The van der Waals surface area contributed by atoms with Crippen LogP contribution in [0.5, 0.6) is 0 Å². The molecule has 0 unspecified atom stereocenters. The van der Waals surface area contributed by atoms with E-state index in [1.807, 2.05) is 0 Å². The van der Waals surface area contributed by atoms with E-state index >= 15 is 0 Å². The molecule has 0 aliphatic rings. The predicted octanol–water partition coefficient (Wildman–Crippen LogP) is 2.01. The smallest absolute Gasteiger partial charge is 0.223 e. The van der Waals surface area contributed by atoms with Crippen molar-refractivity contribution in [2.75, 3.05) is 17.3 Å². The van der Waals surface area contributed by atoms with Crippen molar-refractivity contribution >= 4 is 17.3 Å². The van der Waals surface area contributed by atoms with Crippen molar-refractivity contribution in [1.29, 1.82) is 10.5 Å². The van der Waals surface area contributed by atoms with E-state index in [0.29, 0.717) is 5.69 Å². The maximum atomic E-state index is 11.2. The Morgan fingerprint density at radius 2 is 2.06 bits per heavy atom. The molecule has 1 N–H and O–H groups in total. The van der Waals surface area contributed by atoms with E-state index in [1.54, 1.807) is 43.5 Å². The van der Waals surface area contributed by atoms with Gasteiger partial charge in [0.15, 0.2) is 0 Å². The Morgan fingerprint density at radius 1 is 1.39 bits per heavy atom. The molecule has 1 amide bonds. The molecule has 0 atom stereocenters. The van der Waals surface area contributed by atoms with E-state index in [1.165, 1.54) is 18.0 Å². The zero-order valence-corrected chi connectivity index (χ0v) is 10.1. The summed E-state index contributed by atoms with van der Waals surface area (Å²) >= 11 is 0. The molecule has 1 rings (SSSR count). The number of amides is 1. The molecule has 0 saturated carbocycles. The minimum atomic E-state index is -0.0718. The number of benzene rings is 1. The van der Waals surface area contributed by atoms with Crippen LogP contribution >= 0.6 is 0 Å². The number of rotatable bonds is 3. The van der Waals surface area contributed by atoms with Crippen LogP contribution < -0.4 is 10.2 Å². The third kappa shape index (κ3) is 3.36. The molecule has 0 spiro atoms. The molecule has 0 aliphatic carbocycles. The van der Waals surface area contributed by atoms with Gasteiger partial charge in [0, 0.05) is 31.5 Å². The lowest BCUT2D eigenvalue weighted by Crippen LogP contribution is -2.22. The normalized spacial score (nSPS) is 8.67. The minimum absolute atomic E-state index is 0.0136. The molecule has 0 bridgehead atoms. The molecule has 90 valence electrons. The van der Waals surface area contributed by atoms with Gasteiger partial charge < -0.3 is 10.2 Å². The van der Waals surface area contributed by atoms with Gasteiger partial charge in [-0.1, -0.05) is 6.07 Å². The number of nitrogens with one attached hydrogen (secondary N) is 1. The van der Waals surface area contributed by atoms with Crippen molar-refractivity contribution < 1.29 is 4.79 Å². The average molecular weight is 240 g/mol. The number of hydrogen-bond donors (Lipinski definition) is 1. The molecular formula is C13H12N4O. The monoisotopic (exact) mass is 240 g/mol. The summed E-state index contributed by atoms with van der Waals surface area (Å²) < 4.78 is 0.